The van der Waals surface area contributed by atoms with Crippen molar-refractivity contribution >= 4 is 22.8 Å². The van der Waals surface area contributed by atoms with Crippen molar-refractivity contribution in [3.05, 3.63) is 52.3 Å². The van der Waals surface area contributed by atoms with Gasteiger partial charge in [0.2, 0.25) is 0 Å². The van der Waals surface area contributed by atoms with Gasteiger partial charge in [-0.15, -0.1) is 0 Å². The van der Waals surface area contributed by atoms with Crippen LogP contribution < -0.4 is 0 Å². The van der Waals surface area contributed by atoms with Gasteiger partial charge in [0.05, 0.1) is 24.3 Å². The second-order valence-corrected chi connectivity index (χ2v) is 10.6. The molecule has 0 saturated heterocycles. The molecule has 4 nitrogen and oxygen atoms in total. The molecule has 0 bridgehead atoms. The zero-order chi connectivity index (χ0) is 23.7. The molecular formula is C28H42O4S. The van der Waals surface area contributed by atoms with Gasteiger partial charge in [0, 0.05) is 0 Å². The average Bonchev–Trinajstić information content (AvgIpc) is 3.37. The Hall–Kier alpha value is -2.01. The van der Waals surface area contributed by atoms with Gasteiger partial charge in [-0.25, -0.2) is 9.59 Å². The SMILES string of the molecule is CCCCCCCCOC(=O)c1ccc([SH]2C=CC=C2)cc1C(=O)OCCCCCCCC. The third-order valence-electron chi connectivity index (χ3n) is 5.81. The molecule has 1 aromatic carbocycles. The molecule has 0 atom stereocenters. The van der Waals surface area contributed by atoms with Gasteiger partial charge in [-0.3, -0.25) is 0 Å². The number of rotatable bonds is 17. The van der Waals surface area contributed by atoms with E-state index in [-0.39, 0.29) is 0 Å². The molecule has 33 heavy (non-hydrogen) atoms. The van der Waals surface area contributed by atoms with Crippen molar-refractivity contribution in [3.63, 3.8) is 0 Å². The number of carbonyl (C=O) groups is 2. The van der Waals surface area contributed by atoms with Gasteiger partial charge in [0.15, 0.2) is 0 Å². The fourth-order valence-electron chi connectivity index (χ4n) is 3.80. The third-order valence-corrected chi connectivity index (χ3v) is 7.67. The molecule has 5 heteroatoms. The van der Waals surface area contributed by atoms with Gasteiger partial charge in [0.25, 0.3) is 0 Å². The number of hydrogen-bond acceptors (Lipinski definition) is 4. The van der Waals surface area contributed by atoms with Crippen LogP contribution in [0.25, 0.3) is 0 Å². The third kappa shape index (κ3) is 10.2. The number of esters is 2. The summed E-state index contributed by atoms with van der Waals surface area (Å²) < 4.78 is 11.1. The number of allylic oxidation sites excluding steroid dienone is 2. The minimum absolute atomic E-state index is 0.305. The maximum Gasteiger partial charge on any atom is 0.339 e. The minimum atomic E-state index is -0.580. The highest BCUT2D eigenvalue weighted by atomic mass is 32.2. The standard InChI is InChI=1S/C28H42O4S/c1-3-5-7-9-11-13-19-31-27(29)25-18-17-24(33-21-15-16-22-33)23-26(25)28(30)32-20-14-12-10-8-6-4-2/h15-18,21-23,33H,3-14,19-20H2,1-2H3. The van der Waals surface area contributed by atoms with Crippen LogP contribution in [0, 0.1) is 0 Å². The Bertz CT molecular complexity index is 772. The van der Waals surface area contributed by atoms with E-state index in [4.69, 9.17) is 9.47 Å². The number of carbonyl (C=O) groups excluding carboxylic acids is 2. The molecule has 0 radical (unpaired) electrons. The number of unbranched alkanes of at least 4 members (excludes halogenated alkanes) is 10. The zero-order valence-corrected chi connectivity index (χ0v) is 21.4. The average molecular weight is 475 g/mol. The van der Waals surface area contributed by atoms with Gasteiger partial charge in [0.1, 0.15) is 0 Å². The Kier molecular flexibility index (Phi) is 13.7. The first-order valence-corrected chi connectivity index (χ1v) is 14.3. The van der Waals surface area contributed by atoms with Crippen molar-refractivity contribution in [1.29, 1.82) is 0 Å². The Morgan fingerprint density at radius 3 is 1.70 bits per heavy atom. The maximum atomic E-state index is 12.9. The molecule has 0 saturated carbocycles. The van der Waals surface area contributed by atoms with Crippen LogP contribution in [0.15, 0.2) is 46.1 Å². The van der Waals surface area contributed by atoms with Crippen LogP contribution in [0.2, 0.25) is 0 Å². The molecule has 0 N–H and O–H groups in total. The minimum Gasteiger partial charge on any atom is -0.462 e. The summed E-state index contributed by atoms with van der Waals surface area (Å²) >= 11 is 0. The van der Waals surface area contributed by atoms with E-state index >= 15 is 0 Å². The molecular weight excluding hydrogens is 432 g/mol. The zero-order valence-electron chi connectivity index (χ0n) is 20.5. The second kappa shape index (κ2) is 16.6. The quantitative estimate of drug-likeness (QED) is 0.141. The maximum absolute atomic E-state index is 12.9. The van der Waals surface area contributed by atoms with Crippen LogP contribution >= 0.6 is 10.9 Å². The van der Waals surface area contributed by atoms with Crippen molar-refractivity contribution in [2.24, 2.45) is 0 Å². The first kappa shape index (κ1) is 27.2. The molecule has 184 valence electrons. The lowest BCUT2D eigenvalue weighted by molar-refractivity contribution is 0.0450. The predicted molar refractivity (Wildman–Crippen MR) is 139 cm³/mol. The normalized spacial score (nSPS) is 13.5. The van der Waals surface area contributed by atoms with Crippen molar-refractivity contribution in [2.45, 2.75) is 95.8 Å². The molecule has 0 spiro atoms. The fraction of sp³-hybridized carbons (Fsp3) is 0.571. The number of ether oxygens (including phenoxy) is 2. The molecule has 0 fully saturated rings. The summed E-state index contributed by atoms with van der Waals surface area (Å²) in [6.45, 7) is 5.17. The molecule has 1 aromatic rings. The number of benzene rings is 1. The van der Waals surface area contributed by atoms with Gasteiger partial charge >= 0.3 is 11.9 Å². The Labute approximate surface area is 203 Å². The highest BCUT2D eigenvalue weighted by Crippen LogP contribution is 2.42. The highest BCUT2D eigenvalue weighted by molar-refractivity contribution is 8.22. The molecule has 0 aliphatic carbocycles. The summed E-state index contributed by atoms with van der Waals surface area (Å²) in [4.78, 5) is 26.7. The first-order valence-electron chi connectivity index (χ1n) is 12.8. The Balaban J connectivity index is 1.94. The lowest BCUT2D eigenvalue weighted by atomic mass is 10.1. The lowest BCUT2D eigenvalue weighted by Crippen LogP contribution is -2.15. The van der Waals surface area contributed by atoms with E-state index in [1.807, 2.05) is 24.3 Å². The van der Waals surface area contributed by atoms with Crippen molar-refractivity contribution in [3.8, 4) is 0 Å². The summed E-state index contributed by atoms with van der Waals surface area (Å²) in [5.41, 5.74) is 0.627. The van der Waals surface area contributed by atoms with Gasteiger partial charge in [-0.05, 0) is 46.8 Å². The van der Waals surface area contributed by atoms with E-state index in [2.05, 4.69) is 24.7 Å². The fourth-order valence-corrected chi connectivity index (χ4v) is 5.33. The van der Waals surface area contributed by atoms with Crippen LogP contribution in [0.1, 0.15) is 112 Å². The van der Waals surface area contributed by atoms with Crippen LogP contribution in [0.3, 0.4) is 0 Å². The van der Waals surface area contributed by atoms with E-state index in [1.165, 1.54) is 51.4 Å². The van der Waals surface area contributed by atoms with E-state index in [9.17, 15) is 9.59 Å². The molecule has 1 aliphatic rings. The summed E-state index contributed by atoms with van der Waals surface area (Å²) in [6, 6.07) is 5.47. The molecule has 0 aromatic heterocycles. The topological polar surface area (TPSA) is 52.6 Å². The van der Waals surface area contributed by atoms with Gasteiger partial charge < -0.3 is 9.47 Å². The van der Waals surface area contributed by atoms with Gasteiger partial charge in [-0.2, -0.15) is 10.9 Å². The van der Waals surface area contributed by atoms with E-state index in [0.29, 0.717) is 24.3 Å². The summed E-state index contributed by atoms with van der Waals surface area (Å²) in [5, 5.41) is 4.26. The summed E-state index contributed by atoms with van der Waals surface area (Å²) in [7, 11) is -0.580. The lowest BCUT2D eigenvalue weighted by Gasteiger charge is -2.15. The van der Waals surface area contributed by atoms with Crippen LogP contribution in [-0.2, 0) is 9.47 Å². The first-order chi connectivity index (χ1) is 16.2. The molecule has 0 amide bonds. The smallest absolute Gasteiger partial charge is 0.339 e. The molecule has 2 rings (SSSR count). The van der Waals surface area contributed by atoms with Crippen molar-refractivity contribution in [2.75, 3.05) is 13.2 Å². The van der Waals surface area contributed by atoms with Crippen LogP contribution in [0.4, 0.5) is 0 Å². The van der Waals surface area contributed by atoms with E-state index in [0.717, 1.165) is 30.6 Å². The molecule has 1 aliphatic heterocycles. The Morgan fingerprint density at radius 2 is 1.15 bits per heavy atom. The van der Waals surface area contributed by atoms with E-state index < -0.39 is 22.8 Å². The number of hydrogen-bond donors (Lipinski definition) is 1. The molecule has 0 unspecified atom stereocenters. The highest BCUT2D eigenvalue weighted by Gasteiger charge is 2.21. The Morgan fingerprint density at radius 1 is 0.667 bits per heavy atom. The van der Waals surface area contributed by atoms with Crippen LogP contribution in [0.5, 0.6) is 0 Å². The van der Waals surface area contributed by atoms with Crippen molar-refractivity contribution in [1.82, 2.24) is 0 Å². The second-order valence-electron chi connectivity index (χ2n) is 8.63. The van der Waals surface area contributed by atoms with Crippen LogP contribution in [-0.4, -0.2) is 25.2 Å². The summed E-state index contributed by atoms with van der Waals surface area (Å²) in [6.07, 6.45) is 17.6. The van der Waals surface area contributed by atoms with Crippen molar-refractivity contribution < 1.29 is 19.1 Å². The van der Waals surface area contributed by atoms with E-state index in [1.54, 1.807) is 6.07 Å². The largest absolute Gasteiger partial charge is 0.462 e. The van der Waals surface area contributed by atoms with Gasteiger partial charge in [-0.1, -0.05) is 90.2 Å². The molecule has 1 heterocycles. The predicted octanol–water partition coefficient (Wildman–Crippen LogP) is 8.12. The number of thiol groups is 1. The monoisotopic (exact) mass is 474 g/mol. The summed E-state index contributed by atoms with van der Waals surface area (Å²) in [5.74, 6) is -0.869.